The fraction of sp³-hybridized carbons (Fsp3) is 0.179. The van der Waals surface area contributed by atoms with Crippen LogP contribution in [0.25, 0.3) is 0 Å². The van der Waals surface area contributed by atoms with Crippen molar-refractivity contribution in [1.82, 2.24) is 5.06 Å². The molecule has 3 aromatic rings. The summed E-state index contributed by atoms with van der Waals surface area (Å²) in [5, 5.41) is 11.9. The van der Waals surface area contributed by atoms with Crippen LogP contribution >= 0.6 is 0 Å². The summed E-state index contributed by atoms with van der Waals surface area (Å²) in [6.07, 6.45) is 0.271. The minimum atomic E-state index is -2.36. The van der Waals surface area contributed by atoms with E-state index in [1.165, 1.54) is 26.4 Å². The molecule has 3 aromatic carbocycles. The van der Waals surface area contributed by atoms with Gasteiger partial charge in [0.15, 0.2) is 29.2 Å². The molecule has 11 nitrogen and oxygen atoms in total. The van der Waals surface area contributed by atoms with Gasteiger partial charge in [0.1, 0.15) is 12.2 Å². The molecule has 0 N–H and O–H groups in total. The van der Waals surface area contributed by atoms with Gasteiger partial charge in [0.05, 0.1) is 24.3 Å². The zero-order valence-electron chi connectivity index (χ0n) is 21.8. The van der Waals surface area contributed by atoms with Crippen LogP contribution in [0.5, 0.6) is 5.75 Å². The number of hydroxylamine groups is 2. The van der Waals surface area contributed by atoms with Gasteiger partial charge in [0.25, 0.3) is 5.69 Å². The highest BCUT2D eigenvalue weighted by atomic mass is 19.2. The van der Waals surface area contributed by atoms with Crippen molar-refractivity contribution >= 4 is 24.0 Å². The molecule has 1 aliphatic rings. The predicted molar refractivity (Wildman–Crippen MR) is 139 cm³/mol. The van der Waals surface area contributed by atoms with Gasteiger partial charge in [-0.1, -0.05) is 36.4 Å². The average molecular weight is 568 g/mol. The Hall–Kier alpha value is -5.17. The number of nitro groups is 1. The minimum absolute atomic E-state index is 0.0404. The third kappa shape index (κ3) is 5.75. The lowest BCUT2D eigenvalue weighted by Gasteiger charge is -2.42. The topological polar surface area (TPSA) is 130 Å². The summed E-state index contributed by atoms with van der Waals surface area (Å²) in [5.41, 5.74) is -2.73. The van der Waals surface area contributed by atoms with Crippen LogP contribution in [0.4, 0.5) is 14.5 Å². The number of carbonyl (C=O) groups excluding carboxylic acids is 2. The van der Waals surface area contributed by atoms with E-state index in [0.717, 1.165) is 35.4 Å². The first kappa shape index (κ1) is 28.8. The summed E-state index contributed by atoms with van der Waals surface area (Å²) in [4.78, 5) is 47.6. The molecular weight excluding hydrogens is 544 g/mol. The molecule has 0 bridgehead atoms. The molecule has 1 heterocycles. The molecule has 0 aliphatic carbocycles. The maximum absolute atomic E-state index is 14.6. The number of carbonyl (C=O) groups is 2. The first-order valence-corrected chi connectivity index (χ1v) is 12.0. The number of nitro benzene ring substituents is 1. The molecule has 0 saturated carbocycles. The van der Waals surface area contributed by atoms with Gasteiger partial charge in [0.2, 0.25) is 0 Å². The number of amidine groups is 1. The van der Waals surface area contributed by atoms with E-state index in [4.69, 9.17) is 19.0 Å². The number of aliphatic imine (C=N–C) groups is 1. The maximum atomic E-state index is 14.6. The van der Waals surface area contributed by atoms with Crippen LogP contribution in [-0.2, 0) is 35.9 Å². The van der Waals surface area contributed by atoms with E-state index in [2.05, 4.69) is 4.99 Å². The van der Waals surface area contributed by atoms with Crippen molar-refractivity contribution < 1.29 is 42.3 Å². The summed E-state index contributed by atoms with van der Waals surface area (Å²) in [7, 11) is 2.52. The molecule has 0 spiro atoms. The number of hydrogen-bond acceptors (Lipinski definition) is 10. The van der Waals surface area contributed by atoms with Crippen LogP contribution in [0.3, 0.4) is 0 Å². The number of methoxy groups -OCH3 is 2. The van der Waals surface area contributed by atoms with Crippen molar-refractivity contribution in [3.8, 4) is 5.75 Å². The quantitative estimate of drug-likeness (QED) is 0.153. The summed E-state index contributed by atoms with van der Waals surface area (Å²) in [6.45, 7) is -0.506. The molecule has 13 heteroatoms. The molecule has 0 fully saturated rings. The molecule has 0 amide bonds. The Morgan fingerprint density at radius 3 is 2.32 bits per heavy atom. The van der Waals surface area contributed by atoms with Crippen molar-refractivity contribution in [3.63, 3.8) is 0 Å². The molecular formula is C28H23F2N3O8. The molecule has 0 radical (unpaired) electrons. The van der Waals surface area contributed by atoms with Gasteiger partial charge in [0, 0.05) is 19.2 Å². The molecule has 1 atom stereocenters. The SMILES string of the molecule is COCC1=C(C(=O)OCc2ccccc2)C(C=O)(c2ccc(F)c(F)c2)N(Oc2ccc([N+](=O)[O-])cc2)C(OC)=N1. The number of nitrogens with zero attached hydrogens (tertiary/aromatic N) is 3. The average Bonchev–Trinajstić information content (AvgIpc) is 2.98. The van der Waals surface area contributed by atoms with Crippen molar-refractivity contribution in [2.45, 2.75) is 12.1 Å². The van der Waals surface area contributed by atoms with Gasteiger partial charge in [-0.25, -0.2) is 13.6 Å². The summed E-state index contributed by atoms with van der Waals surface area (Å²) >= 11 is 0. The Bertz CT molecular complexity index is 1510. The Balaban J connectivity index is 1.91. The largest absolute Gasteiger partial charge is 0.466 e. The van der Waals surface area contributed by atoms with Gasteiger partial charge in [-0.3, -0.25) is 14.9 Å². The summed E-state index contributed by atoms with van der Waals surface area (Å²) in [6, 6.07) is 15.7. The molecule has 0 aromatic heterocycles. The Morgan fingerprint density at radius 1 is 1.02 bits per heavy atom. The smallest absolute Gasteiger partial charge is 0.339 e. The second-order valence-corrected chi connectivity index (χ2v) is 8.56. The van der Waals surface area contributed by atoms with Crippen LogP contribution in [0, 0.1) is 21.7 Å². The monoisotopic (exact) mass is 567 g/mol. The Morgan fingerprint density at radius 2 is 1.73 bits per heavy atom. The van der Waals surface area contributed by atoms with Gasteiger partial charge >= 0.3 is 12.0 Å². The lowest BCUT2D eigenvalue weighted by atomic mass is 9.81. The van der Waals surface area contributed by atoms with Crippen LogP contribution in [0.15, 0.2) is 89.1 Å². The first-order chi connectivity index (χ1) is 19.7. The number of non-ortho nitro benzene ring substituents is 1. The molecule has 0 saturated heterocycles. The Kier molecular flexibility index (Phi) is 8.68. The van der Waals surface area contributed by atoms with Gasteiger partial charge in [-0.2, -0.15) is 4.99 Å². The van der Waals surface area contributed by atoms with Crippen molar-refractivity contribution in [3.05, 3.63) is 117 Å². The predicted octanol–water partition coefficient (Wildman–Crippen LogP) is 4.22. The van der Waals surface area contributed by atoms with Crippen LogP contribution in [0.2, 0.25) is 0 Å². The highest BCUT2D eigenvalue weighted by molar-refractivity contribution is 6.02. The second kappa shape index (κ2) is 12.3. The van der Waals surface area contributed by atoms with Gasteiger partial charge in [-0.05, 0) is 35.4 Å². The van der Waals surface area contributed by atoms with Crippen LogP contribution < -0.4 is 4.84 Å². The number of aldehydes is 1. The molecule has 212 valence electrons. The zero-order chi connectivity index (χ0) is 29.6. The third-order valence-corrected chi connectivity index (χ3v) is 6.05. The van der Waals surface area contributed by atoms with Gasteiger partial charge in [-0.15, -0.1) is 5.06 Å². The molecule has 1 unspecified atom stereocenters. The molecule has 4 rings (SSSR count). The Labute approximate surface area is 232 Å². The van der Waals surface area contributed by atoms with E-state index >= 15 is 0 Å². The summed E-state index contributed by atoms with van der Waals surface area (Å²) in [5.74, 6) is -3.59. The standard InChI is InChI=1S/C28H23F2N3O8/c1-38-16-24-25(26(35)40-15-18-6-4-3-5-7-18)28(17-34,19-8-13-22(29)23(30)14-19)32(27(31-24)39-2)41-21-11-9-20(10-12-21)33(36)37/h3-14,17H,15-16H2,1-2H3. The molecule has 1 aliphatic heterocycles. The van der Waals surface area contributed by atoms with Gasteiger partial charge < -0.3 is 19.0 Å². The lowest BCUT2D eigenvalue weighted by Crippen LogP contribution is -2.58. The number of benzene rings is 3. The highest BCUT2D eigenvalue weighted by Crippen LogP contribution is 2.42. The number of halogens is 2. The van der Waals surface area contributed by atoms with E-state index in [1.807, 2.05) is 0 Å². The van der Waals surface area contributed by atoms with Crippen molar-refractivity contribution in [2.24, 2.45) is 4.99 Å². The summed E-state index contributed by atoms with van der Waals surface area (Å²) < 4.78 is 44.8. The fourth-order valence-electron chi connectivity index (χ4n) is 4.14. The second-order valence-electron chi connectivity index (χ2n) is 8.56. The molecule has 41 heavy (non-hydrogen) atoms. The third-order valence-electron chi connectivity index (χ3n) is 6.05. The van der Waals surface area contributed by atoms with E-state index in [0.29, 0.717) is 5.56 Å². The zero-order valence-corrected chi connectivity index (χ0v) is 21.8. The van der Waals surface area contributed by atoms with E-state index < -0.39 is 33.6 Å². The lowest BCUT2D eigenvalue weighted by molar-refractivity contribution is -0.384. The van der Waals surface area contributed by atoms with Crippen LogP contribution in [-0.4, -0.2) is 49.1 Å². The van der Waals surface area contributed by atoms with Crippen molar-refractivity contribution in [1.29, 1.82) is 0 Å². The maximum Gasteiger partial charge on any atom is 0.339 e. The normalized spacial score (nSPS) is 16.6. The number of hydrogen-bond donors (Lipinski definition) is 0. The van der Waals surface area contributed by atoms with E-state index in [9.17, 15) is 28.5 Å². The van der Waals surface area contributed by atoms with E-state index in [1.54, 1.807) is 30.3 Å². The highest BCUT2D eigenvalue weighted by Gasteiger charge is 2.55. The van der Waals surface area contributed by atoms with E-state index in [-0.39, 0.29) is 48.2 Å². The van der Waals surface area contributed by atoms with Crippen LogP contribution in [0.1, 0.15) is 11.1 Å². The fourth-order valence-corrected chi connectivity index (χ4v) is 4.14. The number of esters is 1. The van der Waals surface area contributed by atoms with Crippen molar-refractivity contribution in [2.75, 3.05) is 20.8 Å². The first-order valence-electron chi connectivity index (χ1n) is 12.0. The number of ether oxygens (including phenoxy) is 3. The number of rotatable bonds is 10. The minimum Gasteiger partial charge on any atom is -0.466 e.